The van der Waals surface area contributed by atoms with Gasteiger partial charge in [-0.1, -0.05) is 18.6 Å². The van der Waals surface area contributed by atoms with E-state index >= 15 is 0 Å². The van der Waals surface area contributed by atoms with Crippen LogP contribution in [0, 0.1) is 11.7 Å². The third kappa shape index (κ3) is 2.78. The maximum atomic E-state index is 14.2. The van der Waals surface area contributed by atoms with Gasteiger partial charge in [0, 0.05) is 25.7 Å². The molecular weight excluding hydrogens is 293 g/mol. The van der Waals surface area contributed by atoms with Gasteiger partial charge >= 0.3 is 0 Å². The Morgan fingerprint density at radius 2 is 1.87 bits per heavy atom. The van der Waals surface area contributed by atoms with E-state index in [0.717, 1.165) is 51.3 Å². The van der Waals surface area contributed by atoms with Crippen LogP contribution in [-0.2, 0) is 11.3 Å². The van der Waals surface area contributed by atoms with Gasteiger partial charge in [-0.3, -0.25) is 0 Å². The molecular formula is C18H22FN3O. The highest BCUT2D eigenvalue weighted by molar-refractivity contribution is 5.56. The van der Waals surface area contributed by atoms with Crippen LogP contribution in [0.15, 0.2) is 24.3 Å². The fourth-order valence-corrected chi connectivity index (χ4v) is 3.98. The van der Waals surface area contributed by atoms with Gasteiger partial charge in [-0.05, 0) is 43.7 Å². The second kappa shape index (κ2) is 6.40. The van der Waals surface area contributed by atoms with Crippen molar-refractivity contribution in [2.24, 2.45) is 5.92 Å². The summed E-state index contributed by atoms with van der Waals surface area (Å²) in [6, 6.07) is 6.85. The number of aromatic nitrogens is 3. The lowest BCUT2D eigenvalue weighted by atomic mass is 9.82. The van der Waals surface area contributed by atoms with E-state index in [1.54, 1.807) is 12.1 Å². The zero-order valence-electron chi connectivity index (χ0n) is 13.2. The summed E-state index contributed by atoms with van der Waals surface area (Å²) in [5.41, 5.74) is 0.555. The van der Waals surface area contributed by atoms with E-state index in [-0.39, 0.29) is 5.82 Å². The highest BCUT2D eigenvalue weighted by Gasteiger charge is 2.32. The first-order valence-electron chi connectivity index (χ1n) is 8.60. The van der Waals surface area contributed by atoms with Crippen molar-refractivity contribution < 1.29 is 9.13 Å². The summed E-state index contributed by atoms with van der Waals surface area (Å²) < 4.78 is 21.8. The highest BCUT2D eigenvalue weighted by Crippen LogP contribution is 2.38. The minimum atomic E-state index is -0.227. The number of rotatable bonds is 2. The van der Waals surface area contributed by atoms with Crippen molar-refractivity contribution in [3.63, 3.8) is 0 Å². The van der Waals surface area contributed by atoms with Gasteiger partial charge in [0.15, 0.2) is 5.82 Å². The van der Waals surface area contributed by atoms with E-state index in [1.807, 2.05) is 6.07 Å². The molecule has 0 N–H and O–H groups in total. The van der Waals surface area contributed by atoms with Gasteiger partial charge < -0.3 is 9.30 Å². The van der Waals surface area contributed by atoms with Crippen molar-refractivity contribution in [1.82, 2.24) is 14.8 Å². The van der Waals surface area contributed by atoms with Crippen LogP contribution >= 0.6 is 0 Å². The molecule has 1 aromatic carbocycles. The molecule has 0 amide bonds. The predicted octanol–water partition coefficient (Wildman–Crippen LogP) is 3.78. The molecule has 0 saturated carbocycles. The monoisotopic (exact) mass is 315 g/mol. The van der Waals surface area contributed by atoms with Crippen LogP contribution in [0.2, 0.25) is 0 Å². The van der Waals surface area contributed by atoms with Crippen LogP contribution in [0.5, 0.6) is 0 Å². The Hall–Kier alpha value is -1.75. The molecule has 1 unspecified atom stereocenters. The van der Waals surface area contributed by atoms with E-state index in [0.29, 0.717) is 23.2 Å². The van der Waals surface area contributed by atoms with E-state index in [1.165, 1.54) is 12.5 Å². The Morgan fingerprint density at radius 1 is 1.04 bits per heavy atom. The van der Waals surface area contributed by atoms with Gasteiger partial charge in [0.1, 0.15) is 11.6 Å². The minimum absolute atomic E-state index is 0.227. The van der Waals surface area contributed by atoms with Crippen LogP contribution in [0.25, 0.3) is 11.4 Å². The van der Waals surface area contributed by atoms with Crippen molar-refractivity contribution >= 4 is 0 Å². The van der Waals surface area contributed by atoms with E-state index in [9.17, 15) is 4.39 Å². The van der Waals surface area contributed by atoms with E-state index in [2.05, 4.69) is 14.8 Å². The third-order valence-corrected chi connectivity index (χ3v) is 5.21. The molecule has 1 aromatic heterocycles. The maximum Gasteiger partial charge on any atom is 0.166 e. The van der Waals surface area contributed by atoms with Crippen molar-refractivity contribution in [1.29, 1.82) is 0 Å². The number of halogens is 1. The predicted molar refractivity (Wildman–Crippen MR) is 85.6 cm³/mol. The molecule has 4 rings (SSSR count). The fraction of sp³-hybridized carbons (Fsp3) is 0.556. The number of hydrogen-bond donors (Lipinski definition) is 0. The Bertz CT molecular complexity index is 679. The lowest BCUT2D eigenvalue weighted by Gasteiger charge is -2.29. The van der Waals surface area contributed by atoms with Crippen LogP contribution in [-0.4, -0.2) is 28.0 Å². The second-order valence-electron chi connectivity index (χ2n) is 6.57. The third-order valence-electron chi connectivity index (χ3n) is 5.21. The van der Waals surface area contributed by atoms with Crippen molar-refractivity contribution in [2.75, 3.05) is 13.2 Å². The number of ether oxygens (including phenoxy) is 1. The molecule has 0 aliphatic carbocycles. The number of benzene rings is 1. The minimum Gasteiger partial charge on any atom is -0.381 e. The maximum absolute atomic E-state index is 14.2. The average Bonchev–Trinajstić information content (AvgIpc) is 2.88. The summed E-state index contributed by atoms with van der Waals surface area (Å²) in [6.45, 7) is 2.57. The van der Waals surface area contributed by atoms with Gasteiger partial charge in [0.2, 0.25) is 0 Å². The molecule has 122 valence electrons. The number of fused-ring (bicyclic) bond motifs is 1. The first-order chi connectivity index (χ1) is 11.3. The molecule has 2 aliphatic rings. The molecule has 0 spiro atoms. The van der Waals surface area contributed by atoms with Crippen LogP contribution < -0.4 is 0 Å². The Labute approximate surface area is 135 Å². The second-order valence-corrected chi connectivity index (χ2v) is 6.57. The molecule has 2 aromatic rings. The Kier molecular flexibility index (Phi) is 4.12. The SMILES string of the molecule is Fc1ccccc1-c1nnc2n1CCCCC2C1CCOCC1. The molecule has 23 heavy (non-hydrogen) atoms. The Morgan fingerprint density at radius 3 is 2.70 bits per heavy atom. The lowest BCUT2D eigenvalue weighted by Crippen LogP contribution is -2.23. The summed E-state index contributed by atoms with van der Waals surface area (Å²) >= 11 is 0. The van der Waals surface area contributed by atoms with Crippen LogP contribution in [0.4, 0.5) is 4.39 Å². The zero-order valence-corrected chi connectivity index (χ0v) is 13.2. The standard InChI is InChI=1S/C18H22FN3O/c19-16-7-2-1-6-15(16)18-21-20-17-14(5-3-4-10-22(17)18)13-8-11-23-12-9-13/h1-2,6-7,13-14H,3-5,8-12H2. The van der Waals surface area contributed by atoms with Crippen LogP contribution in [0.3, 0.4) is 0 Å². The largest absolute Gasteiger partial charge is 0.381 e. The molecule has 3 heterocycles. The molecule has 1 atom stereocenters. The quantitative estimate of drug-likeness (QED) is 0.847. The summed E-state index contributed by atoms with van der Waals surface area (Å²) in [6.07, 6.45) is 5.63. The fourth-order valence-electron chi connectivity index (χ4n) is 3.98. The van der Waals surface area contributed by atoms with Gasteiger partial charge in [-0.15, -0.1) is 10.2 Å². The van der Waals surface area contributed by atoms with Gasteiger partial charge in [-0.2, -0.15) is 0 Å². The summed E-state index contributed by atoms with van der Waals surface area (Å²) in [5.74, 6) is 2.53. The van der Waals surface area contributed by atoms with Crippen LogP contribution in [0.1, 0.15) is 43.8 Å². The first kappa shape index (κ1) is 14.8. The normalized spacial score (nSPS) is 22.6. The van der Waals surface area contributed by atoms with E-state index in [4.69, 9.17) is 4.74 Å². The lowest BCUT2D eigenvalue weighted by molar-refractivity contribution is 0.0556. The van der Waals surface area contributed by atoms with Gasteiger partial charge in [0.25, 0.3) is 0 Å². The highest BCUT2D eigenvalue weighted by atomic mass is 19.1. The molecule has 5 heteroatoms. The molecule has 1 fully saturated rings. The molecule has 0 radical (unpaired) electrons. The van der Waals surface area contributed by atoms with Crippen molar-refractivity contribution in [3.05, 3.63) is 35.9 Å². The van der Waals surface area contributed by atoms with E-state index < -0.39 is 0 Å². The summed E-state index contributed by atoms with van der Waals surface area (Å²) in [5, 5.41) is 8.85. The Balaban J connectivity index is 1.73. The molecule has 1 saturated heterocycles. The zero-order chi connectivity index (χ0) is 15.6. The summed E-state index contributed by atoms with van der Waals surface area (Å²) in [4.78, 5) is 0. The number of hydrogen-bond acceptors (Lipinski definition) is 3. The van der Waals surface area contributed by atoms with Gasteiger partial charge in [-0.25, -0.2) is 4.39 Å². The summed E-state index contributed by atoms with van der Waals surface area (Å²) in [7, 11) is 0. The number of nitrogens with zero attached hydrogens (tertiary/aromatic N) is 3. The topological polar surface area (TPSA) is 39.9 Å². The van der Waals surface area contributed by atoms with Gasteiger partial charge in [0.05, 0.1) is 5.56 Å². The van der Waals surface area contributed by atoms with Crippen molar-refractivity contribution in [2.45, 2.75) is 44.6 Å². The molecule has 4 nitrogen and oxygen atoms in total. The smallest absolute Gasteiger partial charge is 0.166 e. The molecule has 2 aliphatic heterocycles. The molecule has 0 bridgehead atoms. The van der Waals surface area contributed by atoms with Crippen molar-refractivity contribution in [3.8, 4) is 11.4 Å². The average molecular weight is 315 g/mol. The first-order valence-corrected chi connectivity index (χ1v) is 8.60.